The highest BCUT2D eigenvalue weighted by molar-refractivity contribution is 6.01. The zero-order chi connectivity index (χ0) is 14.5. The molecule has 1 aromatic rings. The molecule has 1 fully saturated rings. The van der Waals surface area contributed by atoms with Crippen molar-refractivity contribution < 1.29 is 19.1 Å². The van der Waals surface area contributed by atoms with Gasteiger partial charge in [0.2, 0.25) is 0 Å². The molecule has 5 heteroatoms. The van der Waals surface area contributed by atoms with E-state index in [-0.39, 0.29) is 18.2 Å². The minimum absolute atomic E-state index is 0.0534. The van der Waals surface area contributed by atoms with Crippen molar-refractivity contribution in [2.45, 2.75) is 31.3 Å². The number of rotatable bonds is 7. The third-order valence-electron chi connectivity index (χ3n) is 3.30. The fourth-order valence-electron chi connectivity index (χ4n) is 1.97. The van der Waals surface area contributed by atoms with Crippen molar-refractivity contribution >= 4 is 11.8 Å². The third-order valence-corrected chi connectivity index (χ3v) is 3.30. The number of ether oxygens (including phenoxy) is 2. The van der Waals surface area contributed by atoms with Crippen LogP contribution in [0.2, 0.25) is 0 Å². The van der Waals surface area contributed by atoms with Crippen molar-refractivity contribution in [3.63, 3.8) is 0 Å². The Hall–Kier alpha value is -1.88. The van der Waals surface area contributed by atoms with Crippen LogP contribution in [0, 0.1) is 0 Å². The zero-order valence-electron chi connectivity index (χ0n) is 11.7. The first-order valence-electron chi connectivity index (χ1n) is 6.65. The number of Topliss-reactive ketones (excluding diaryl/α,β-unsaturated/α-hetero) is 1. The van der Waals surface area contributed by atoms with E-state index in [1.54, 1.807) is 31.4 Å². The minimum Gasteiger partial charge on any atom is -0.497 e. The number of methoxy groups -OCH3 is 2. The molecule has 1 aromatic carbocycles. The van der Waals surface area contributed by atoms with Gasteiger partial charge in [-0.3, -0.25) is 9.59 Å². The highest BCUT2D eigenvalue weighted by Gasteiger charge is 2.30. The second kappa shape index (κ2) is 6.52. The lowest BCUT2D eigenvalue weighted by Crippen LogP contribution is -2.40. The molecule has 0 saturated heterocycles. The van der Waals surface area contributed by atoms with Gasteiger partial charge in [-0.05, 0) is 37.1 Å². The van der Waals surface area contributed by atoms with Crippen LogP contribution >= 0.6 is 0 Å². The molecular formula is C15H19NO4. The summed E-state index contributed by atoms with van der Waals surface area (Å²) in [6, 6.07) is 6.70. The summed E-state index contributed by atoms with van der Waals surface area (Å²) in [5, 5.41) is 3.20. The molecule has 108 valence electrons. The molecule has 0 radical (unpaired) electrons. The Balaban J connectivity index is 2.08. The molecule has 1 aliphatic carbocycles. The Morgan fingerprint density at radius 3 is 2.40 bits per heavy atom. The van der Waals surface area contributed by atoms with Gasteiger partial charge >= 0.3 is 5.97 Å². The lowest BCUT2D eigenvalue weighted by atomic mass is 10.0. The molecule has 1 saturated carbocycles. The van der Waals surface area contributed by atoms with Crippen LogP contribution in [-0.4, -0.2) is 38.1 Å². The topological polar surface area (TPSA) is 64.6 Å². The highest BCUT2D eigenvalue weighted by Crippen LogP contribution is 2.22. The number of nitrogens with one attached hydrogen (secondary N) is 1. The summed E-state index contributed by atoms with van der Waals surface area (Å²) in [5.41, 5.74) is 0.563. The number of benzene rings is 1. The fourth-order valence-corrected chi connectivity index (χ4v) is 1.97. The molecule has 1 N–H and O–H groups in total. The van der Waals surface area contributed by atoms with Crippen LogP contribution in [0.3, 0.4) is 0 Å². The van der Waals surface area contributed by atoms with Gasteiger partial charge in [-0.1, -0.05) is 0 Å². The second-order valence-electron chi connectivity index (χ2n) is 4.87. The largest absolute Gasteiger partial charge is 0.497 e. The van der Waals surface area contributed by atoms with Gasteiger partial charge in [0.25, 0.3) is 0 Å². The number of esters is 1. The lowest BCUT2D eigenvalue weighted by Gasteiger charge is -2.16. The van der Waals surface area contributed by atoms with Gasteiger partial charge in [0, 0.05) is 11.6 Å². The van der Waals surface area contributed by atoms with Crippen molar-refractivity contribution in [1.29, 1.82) is 0 Å². The van der Waals surface area contributed by atoms with Gasteiger partial charge < -0.3 is 14.8 Å². The van der Waals surface area contributed by atoms with Crippen molar-refractivity contribution in [2.75, 3.05) is 14.2 Å². The molecule has 0 heterocycles. The molecule has 1 aliphatic rings. The third kappa shape index (κ3) is 3.81. The Morgan fingerprint density at radius 2 is 1.90 bits per heavy atom. The van der Waals surface area contributed by atoms with E-state index in [4.69, 9.17) is 4.74 Å². The SMILES string of the molecule is COC(=O)CC(NC1CC1)C(=O)c1ccc(OC)cc1. The van der Waals surface area contributed by atoms with E-state index in [0.717, 1.165) is 12.8 Å². The maximum atomic E-state index is 12.4. The predicted molar refractivity (Wildman–Crippen MR) is 73.9 cm³/mol. The second-order valence-corrected chi connectivity index (χ2v) is 4.87. The monoisotopic (exact) mass is 277 g/mol. The van der Waals surface area contributed by atoms with E-state index in [1.807, 2.05) is 0 Å². The molecule has 0 spiro atoms. The molecule has 20 heavy (non-hydrogen) atoms. The molecule has 0 aromatic heterocycles. The van der Waals surface area contributed by atoms with E-state index in [1.165, 1.54) is 7.11 Å². The van der Waals surface area contributed by atoms with Gasteiger partial charge in [0.05, 0.1) is 26.7 Å². The Labute approximate surface area is 118 Å². The molecule has 1 atom stereocenters. The van der Waals surface area contributed by atoms with Gasteiger partial charge in [-0.2, -0.15) is 0 Å². The van der Waals surface area contributed by atoms with E-state index < -0.39 is 6.04 Å². The van der Waals surface area contributed by atoms with E-state index in [0.29, 0.717) is 17.4 Å². The number of carbonyl (C=O) groups is 2. The van der Waals surface area contributed by atoms with Gasteiger partial charge in [0.1, 0.15) is 5.75 Å². The molecule has 0 bridgehead atoms. The average Bonchev–Trinajstić information content (AvgIpc) is 3.29. The van der Waals surface area contributed by atoms with Crippen molar-refractivity contribution in [3.05, 3.63) is 29.8 Å². The zero-order valence-corrected chi connectivity index (χ0v) is 11.7. The number of hydrogen-bond donors (Lipinski definition) is 1. The maximum absolute atomic E-state index is 12.4. The fraction of sp³-hybridized carbons (Fsp3) is 0.467. The summed E-state index contributed by atoms with van der Waals surface area (Å²) in [7, 11) is 2.90. The summed E-state index contributed by atoms with van der Waals surface area (Å²) >= 11 is 0. The Kier molecular flexibility index (Phi) is 4.74. The molecule has 1 unspecified atom stereocenters. The van der Waals surface area contributed by atoms with Crippen LogP contribution in [0.15, 0.2) is 24.3 Å². The lowest BCUT2D eigenvalue weighted by molar-refractivity contribution is -0.140. The molecule has 0 amide bonds. The molecule has 0 aliphatic heterocycles. The van der Waals surface area contributed by atoms with Crippen molar-refractivity contribution in [3.8, 4) is 5.75 Å². The van der Waals surface area contributed by atoms with Crippen LogP contribution in [-0.2, 0) is 9.53 Å². The van der Waals surface area contributed by atoms with Gasteiger partial charge in [-0.15, -0.1) is 0 Å². The molecule has 5 nitrogen and oxygen atoms in total. The molecular weight excluding hydrogens is 258 g/mol. The van der Waals surface area contributed by atoms with Crippen LogP contribution in [0.1, 0.15) is 29.6 Å². The quantitative estimate of drug-likeness (QED) is 0.605. The Morgan fingerprint density at radius 1 is 1.25 bits per heavy atom. The first kappa shape index (κ1) is 14.5. The number of carbonyl (C=O) groups excluding carboxylic acids is 2. The normalized spacial score (nSPS) is 15.5. The van der Waals surface area contributed by atoms with Crippen LogP contribution in [0.5, 0.6) is 5.75 Å². The predicted octanol–water partition coefficient (Wildman–Crippen LogP) is 1.56. The van der Waals surface area contributed by atoms with E-state index >= 15 is 0 Å². The standard InChI is InChI=1S/C15H19NO4/c1-19-12-7-3-10(4-8-12)15(18)13(9-14(17)20-2)16-11-5-6-11/h3-4,7-8,11,13,16H,5-6,9H2,1-2H3. The van der Waals surface area contributed by atoms with Gasteiger partial charge in [0.15, 0.2) is 5.78 Å². The molecule has 2 rings (SSSR count). The number of hydrogen-bond acceptors (Lipinski definition) is 5. The van der Waals surface area contributed by atoms with Gasteiger partial charge in [-0.25, -0.2) is 0 Å². The summed E-state index contributed by atoms with van der Waals surface area (Å²) < 4.78 is 9.72. The van der Waals surface area contributed by atoms with E-state index in [2.05, 4.69) is 10.1 Å². The average molecular weight is 277 g/mol. The summed E-state index contributed by atoms with van der Waals surface area (Å²) in [4.78, 5) is 23.9. The van der Waals surface area contributed by atoms with Crippen LogP contribution in [0.25, 0.3) is 0 Å². The summed E-state index contributed by atoms with van der Waals surface area (Å²) in [6.07, 6.45) is 2.15. The maximum Gasteiger partial charge on any atom is 0.307 e. The first-order chi connectivity index (χ1) is 9.63. The minimum atomic E-state index is -0.525. The summed E-state index contributed by atoms with van der Waals surface area (Å²) in [6.45, 7) is 0. The van der Waals surface area contributed by atoms with Crippen molar-refractivity contribution in [1.82, 2.24) is 5.32 Å². The highest BCUT2D eigenvalue weighted by atomic mass is 16.5. The van der Waals surface area contributed by atoms with Crippen LogP contribution in [0.4, 0.5) is 0 Å². The number of ketones is 1. The van der Waals surface area contributed by atoms with Crippen molar-refractivity contribution in [2.24, 2.45) is 0 Å². The Bertz CT molecular complexity index is 479. The van der Waals surface area contributed by atoms with E-state index in [9.17, 15) is 9.59 Å². The first-order valence-corrected chi connectivity index (χ1v) is 6.65. The van der Waals surface area contributed by atoms with Crippen LogP contribution < -0.4 is 10.1 Å². The summed E-state index contributed by atoms with van der Waals surface area (Å²) in [5.74, 6) is 0.219. The smallest absolute Gasteiger partial charge is 0.307 e.